The van der Waals surface area contributed by atoms with Crippen molar-refractivity contribution in [2.75, 3.05) is 0 Å². The van der Waals surface area contributed by atoms with E-state index in [2.05, 4.69) is 30.2 Å². The predicted octanol–water partition coefficient (Wildman–Crippen LogP) is 1.08. The Labute approximate surface area is 156 Å². The minimum absolute atomic E-state index is 0.150. The van der Waals surface area contributed by atoms with Gasteiger partial charge in [0.2, 0.25) is 5.88 Å². The van der Waals surface area contributed by atoms with E-state index in [1.807, 2.05) is 0 Å². The highest BCUT2D eigenvalue weighted by Gasteiger charge is 2.18. The van der Waals surface area contributed by atoms with Gasteiger partial charge in [0.1, 0.15) is 17.6 Å². The Morgan fingerprint density at radius 3 is 2.79 bits per heavy atom. The predicted molar refractivity (Wildman–Crippen MR) is 96.2 cm³/mol. The number of fused-ring (bicyclic) bond motifs is 1. The van der Waals surface area contributed by atoms with Crippen molar-refractivity contribution in [2.45, 2.75) is 13.0 Å². The van der Waals surface area contributed by atoms with Crippen LogP contribution in [0.15, 0.2) is 40.2 Å². The lowest BCUT2D eigenvalue weighted by atomic mass is 10.2. The first kappa shape index (κ1) is 17.5. The lowest BCUT2D eigenvalue weighted by molar-refractivity contribution is 0.213. The maximum Gasteiger partial charge on any atom is 0.325 e. The molecule has 0 fully saturated rings. The molecule has 0 bridgehead atoms. The van der Waals surface area contributed by atoms with Crippen LogP contribution in [0.3, 0.4) is 0 Å². The third-order valence-electron chi connectivity index (χ3n) is 4.10. The maximum atomic E-state index is 13.1. The molecule has 4 aromatic rings. The first-order valence-electron chi connectivity index (χ1n) is 8.23. The molecule has 0 unspecified atom stereocenters. The molecule has 0 aliphatic carbocycles. The van der Waals surface area contributed by atoms with E-state index in [0.717, 1.165) is 6.20 Å². The van der Waals surface area contributed by atoms with Crippen LogP contribution in [0, 0.1) is 5.82 Å². The van der Waals surface area contributed by atoms with Crippen LogP contribution >= 0.6 is 0 Å². The van der Waals surface area contributed by atoms with Gasteiger partial charge >= 0.3 is 5.69 Å². The number of H-pyrrole nitrogens is 2. The lowest BCUT2D eigenvalue weighted by Crippen LogP contribution is -2.22. The molecule has 2 N–H and O–H groups in total. The largest absolute Gasteiger partial charge is 0.467 e. The summed E-state index contributed by atoms with van der Waals surface area (Å²) in [6, 6.07) is 4.42. The fourth-order valence-electron chi connectivity index (χ4n) is 2.69. The summed E-state index contributed by atoms with van der Waals surface area (Å²) in [6.45, 7) is 1.75. The molecule has 4 heterocycles. The van der Waals surface area contributed by atoms with Gasteiger partial charge in [0.05, 0.1) is 22.8 Å². The highest BCUT2D eigenvalue weighted by atomic mass is 19.1. The van der Waals surface area contributed by atoms with Crippen LogP contribution in [0.1, 0.15) is 18.7 Å². The van der Waals surface area contributed by atoms with Crippen molar-refractivity contribution in [3.63, 3.8) is 0 Å². The van der Waals surface area contributed by atoms with E-state index in [-0.39, 0.29) is 17.1 Å². The van der Waals surface area contributed by atoms with Gasteiger partial charge in [0.25, 0.3) is 5.56 Å². The van der Waals surface area contributed by atoms with Gasteiger partial charge in [-0.1, -0.05) is 0 Å². The van der Waals surface area contributed by atoms with Gasteiger partial charge in [0, 0.05) is 13.2 Å². The number of ether oxygens (including phenoxy) is 1. The lowest BCUT2D eigenvalue weighted by Gasteiger charge is -2.12. The summed E-state index contributed by atoms with van der Waals surface area (Å²) < 4.78 is 20.4. The highest BCUT2D eigenvalue weighted by molar-refractivity contribution is 5.84. The number of aromatic amines is 2. The van der Waals surface area contributed by atoms with Crippen LogP contribution in [0.2, 0.25) is 0 Å². The van der Waals surface area contributed by atoms with Crippen LogP contribution in [-0.2, 0) is 7.05 Å². The molecule has 4 aromatic heterocycles. The number of pyridine rings is 1. The van der Waals surface area contributed by atoms with Crippen molar-refractivity contribution in [3.8, 4) is 17.1 Å². The first-order valence-corrected chi connectivity index (χ1v) is 8.23. The Balaban J connectivity index is 1.75. The molecule has 0 aliphatic heterocycles. The van der Waals surface area contributed by atoms with Gasteiger partial charge in [-0.25, -0.2) is 13.9 Å². The summed E-state index contributed by atoms with van der Waals surface area (Å²) in [6.07, 6.45) is 1.86. The van der Waals surface area contributed by atoms with E-state index in [1.165, 1.54) is 23.0 Å². The molecule has 0 saturated heterocycles. The molecule has 0 amide bonds. The molecule has 10 nitrogen and oxygen atoms in total. The van der Waals surface area contributed by atoms with Gasteiger partial charge in [0.15, 0.2) is 5.65 Å². The first-order chi connectivity index (χ1) is 13.4. The van der Waals surface area contributed by atoms with E-state index in [1.54, 1.807) is 20.0 Å². The molecular formula is C17H14FN7O3. The minimum atomic E-state index is -0.617. The third kappa shape index (κ3) is 3.13. The molecule has 142 valence electrons. The van der Waals surface area contributed by atoms with Crippen LogP contribution in [0.5, 0.6) is 5.88 Å². The van der Waals surface area contributed by atoms with Crippen molar-refractivity contribution >= 4 is 11.0 Å². The van der Waals surface area contributed by atoms with E-state index >= 15 is 0 Å². The van der Waals surface area contributed by atoms with Crippen LogP contribution in [-0.4, -0.2) is 34.9 Å². The topological polar surface area (TPSA) is 131 Å². The van der Waals surface area contributed by atoms with Crippen molar-refractivity contribution in [2.24, 2.45) is 7.05 Å². The average molecular weight is 383 g/mol. The average Bonchev–Trinajstić information content (AvgIpc) is 2.97. The number of aromatic nitrogens is 7. The standard InChI is InChI=1S/C17H14FN7O3/c1-8(12-4-3-9(18)6-19-12)28-16-10-5-13(22-23-14(10)25(2)24-16)11-7-20-17(27)21-15(11)26/h3-8H,1-2H3,(H2,20,21,26,27)/t8-/m0/s1. The number of nitrogens with zero attached hydrogens (tertiary/aromatic N) is 5. The molecule has 4 rings (SSSR count). The van der Waals surface area contributed by atoms with Gasteiger partial charge in [-0.05, 0) is 25.1 Å². The second-order valence-electron chi connectivity index (χ2n) is 6.04. The van der Waals surface area contributed by atoms with Gasteiger partial charge < -0.3 is 9.72 Å². The Hall–Kier alpha value is -3.89. The second-order valence-corrected chi connectivity index (χ2v) is 6.04. The molecule has 0 spiro atoms. The Morgan fingerprint density at radius 1 is 1.25 bits per heavy atom. The van der Waals surface area contributed by atoms with Crippen LogP contribution in [0.25, 0.3) is 22.3 Å². The summed E-state index contributed by atoms with van der Waals surface area (Å²) in [5.74, 6) is -0.182. The zero-order valence-electron chi connectivity index (χ0n) is 14.8. The molecule has 28 heavy (non-hydrogen) atoms. The molecule has 0 aromatic carbocycles. The number of halogens is 1. The van der Waals surface area contributed by atoms with E-state index in [4.69, 9.17) is 4.74 Å². The molecular weight excluding hydrogens is 369 g/mol. The third-order valence-corrected chi connectivity index (χ3v) is 4.10. The number of rotatable bonds is 4. The highest BCUT2D eigenvalue weighted by Crippen LogP contribution is 2.28. The zero-order valence-corrected chi connectivity index (χ0v) is 14.8. The number of hydrogen-bond donors (Lipinski definition) is 2. The summed E-state index contributed by atoms with van der Waals surface area (Å²) in [4.78, 5) is 31.8. The van der Waals surface area contributed by atoms with Gasteiger partial charge in [-0.3, -0.25) is 14.8 Å². The van der Waals surface area contributed by atoms with Gasteiger partial charge in [-0.2, -0.15) is 0 Å². The van der Waals surface area contributed by atoms with Crippen LogP contribution < -0.4 is 16.0 Å². The van der Waals surface area contributed by atoms with E-state index in [9.17, 15) is 14.0 Å². The summed E-state index contributed by atoms with van der Waals surface area (Å²) >= 11 is 0. The number of hydrogen-bond acceptors (Lipinski definition) is 7. The molecule has 0 saturated carbocycles. The van der Waals surface area contributed by atoms with E-state index in [0.29, 0.717) is 16.7 Å². The molecule has 0 aliphatic rings. The summed E-state index contributed by atoms with van der Waals surface area (Å²) in [7, 11) is 1.68. The zero-order chi connectivity index (χ0) is 19.8. The van der Waals surface area contributed by atoms with Crippen molar-refractivity contribution in [1.82, 2.24) is 34.9 Å². The quantitative estimate of drug-likeness (QED) is 0.539. The van der Waals surface area contributed by atoms with Gasteiger partial charge in [-0.15, -0.1) is 15.3 Å². The minimum Gasteiger partial charge on any atom is -0.467 e. The molecule has 11 heteroatoms. The van der Waals surface area contributed by atoms with Crippen molar-refractivity contribution in [1.29, 1.82) is 0 Å². The summed E-state index contributed by atoms with van der Waals surface area (Å²) in [5.41, 5.74) is 0.160. The Kier molecular flexibility index (Phi) is 4.18. The molecule has 1 atom stereocenters. The van der Waals surface area contributed by atoms with Crippen molar-refractivity contribution < 1.29 is 9.13 Å². The Morgan fingerprint density at radius 2 is 2.07 bits per heavy atom. The second kappa shape index (κ2) is 6.68. The fraction of sp³-hybridized carbons (Fsp3) is 0.176. The number of aryl methyl sites for hydroxylation is 1. The van der Waals surface area contributed by atoms with E-state index < -0.39 is 23.2 Å². The summed E-state index contributed by atoms with van der Waals surface area (Å²) in [5, 5.41) is 12.9. The smallest absolute Gasteiger partial charge is 0.325 e. The van der Waals surface area contributed by atoms with Crippen molar-refractivity contribution in [3.05, 3.63) is 62.9 Å². The number of nitrogens with one attached hydrogen (secondary N) is 2. The monoisotopic (exact) mass is 383 g/mol. The van der Waals surface area contributed by atoms with Crippen LogP contribution in [0.4, 0.5) is 4.39 Å². The SMILES string of the molecule is C[C@H](Oc1nn(C)c2nnc(-c3c[nH]c(=O)[nH]c3=O)cc12)c1ccc(F)cn1. The maximum absolute atomic E-state index is 13.1. The fourth-order valence-corrected chi connectivity index (χ4v) is 2.69. The Bertz CT molecular complexity index is 1280. The normalized spacial score (nSPS) is 12.2. The molecule has 0 radical (unpaired) electrons.